The Bertz CT molecular complexity index is 1290. The molecule has 0 fully saturated rings. The van der Waals surface area contributed by atoms with E-state index in [4.69, 9.17) is 18.4 Å². The van der Waals surface area contributed by atoms with Gasteiger partial charge in [-0.05, 0) is 50.1 Å². The Balaban J connectivity index is 1.82. The van der Waals surface area contributed by atoms with Crippen molar-refractivity contribution in [2.45, 2.75) is 20.8 Å². The van der Waals surface area contributed by atoms with Gasteiger partial charge in [-0.3, -0.25) is 4.79 Å². The molecule has 0 saturated heterocycles. The van der Waals surface area contributed by atoms with Gasteiger partial charge >= 0.3 is 0 Å². The van der Waals surface area contributed by atoms with Gasteiger partial charge in [0.1, 0.15) is 23.3 Å². The third-order valence-corrected chi connectivity index (χ3v) is 5.17. The lowest BCUT2D eigenvalue weighted by atomic mass is 9.96. The second-order valence-electron chi connectivity index (χ2n) is 7.27. The molecule has 0 aliphatic rings. The number of hydrogen-bond donors (Lipinski definition) is 1. The number of carbonyl (C=O) groups excluding carboxylic acids is 1. The third-order valence-electron chi connectivity index (χ3n) is 5.17. The Labute approximate surface area is 185 Å². The Morgan fingerprint density at radius 2 is 2.09 bits per heavy atom. The molecule has 7 nitrogen and oxygen atoms in total. The molecule has 0 bridgehead atoms. The van der Waals surface area contributed by atoms with E-state index in [9.17, 15) is 4.79 Å². The minimum Gasteiger partial charge on any atom is -0.497 e. The summed E-state index contributed by atoms with van der Waals surface area (Å²) in [6, 6.07) is 11.4. The fourth-order valence-corrected chi connectivity index (χ4v) is 3.67. The van der Waals surface area contributed by atoms with E-state index in [2.05, 4.69) is 10.5 Å². The molecule has 0 spiro atoms. The van der Waals surface area contributed by atoms with Gasteiger partial charge in [-0.15, -0.1) is 0 Å². The van der Waals surface area contributed by atoms with E-state index in [0.29, 0.717) is 18.2 Å². The number of anilines is 1. The highest BCUT2D eigenvalue weighted by Gasteiger charge is 2.19. The van der Waals surface area contributed by atoms with E-state index in [0.717, 1.165) is 44.5 Å². The van der Waals surface area contributed by atoms with Gasteiger partial charge in [0, 0.05) is 34.2 Å². The fourth-order valence-electron chi connectivity index (χ4n) is 3.67. The molecular formula is C25H24N2O5. The van der Waals surface area contributed by atoms with Crippen molar-refractivity contribution in [3.05, 3.63) is 66.1 Å². The molecule has 0 aliphatic heterocycles. The van der Waals surface area contributed by atoms with Gasteiger partial charge in [-0.2, -0.15) is 0 Å². The van der Waals surface area contributed by atoms with Crippen molar-refractivity contribution in [3.8, 4) is 22.6 Å². The summed E-state index contributed by atoms with van der Waals surface area (Å²) in [5.41, 5.74) is 5.09. The summed E-state index contributed by atoms with van der Waals surface area (Å²) < 4.78 is 22.0. The molecule has 0 atom stereocenters. The molecule has 2 aromatic heterocycles. The monoisotopic (exact) mass is 432 g/mol. The van der Waals surface area contributed by atoms with Crippen LogP contribution >= 0.6 is 0 Å². The Hall–Kier alpha value is -4.00. The molecule has 0 unspecified atom stereocenters. The van der Waals surface area contributed by atoms with E-state index in [1.807, 2.05) is 51.1 Å². The van der Waals surface area contributed by atoms with Crippen molar-refractivity contribution in [3.63, 3.8) is 0 Å². The van der Waals surface area contributed by atoms with Crippen molar-refractivity contribution in [2.24, 2.45) is 0 Å². The molecule has 2 heterocycles. The maximum absolute atomic E-state index is 12.5. The van der Waals surface area contributed by atoms with Crippen LogP contribution in [0.1, 0.15) is 25.0 Å². The minimum absolute atomic E-state index is 0.309. The molecule has 1 N–H and O–H groups in total. The number of amides is 1. The molecule has 4 rings (SSSR count). The van der Waals surface area contributed by atoms with Gasteiger partial charge in [0.2, 0.25) is 5.91 Å². The molecule has 2 aromatic carbocycles. The second kappa shape index (κ2) is 9.01. The van der Waals surface area contributed by atoms with E-state index in [1.54, 1.807) is 19.4 Å². The van der Waals surface area contributed by atoms with Gasteiger partial charge in [0.15, 0.2) is 5.82 Å². The van der Waals surface area contributed by atoms with Crippen LogP contribution in [0.2, 0.25) is 0 Å². The van der Waals surface area contributed by atoms with Gasteiger partial charge in [-0.1, -0.05) is 17.3 Å². The predicted octanol–water partition coefficient (Wildman–Crippen LogP) is 5.85. The quantitative estimate of drug-likeness (QED) is 0.369. The maximum atomic E-state index is 12.5. The van der Waals surface area contributed by atoms with Crippen LogP contribution in [0.5, 0.6) is 11.5 Å². The predicted molar refractivity (Wildman–Crippen MR) is 123 cm³/mol. The van der Waals surface area contributed by atoms with Crippen LogP contribution in [-0.2, 0) is 4.79 Å². The molecule has 164 valence electrons. The van der Waals surface area contributed by atoms with Gasteiger partial charge in [-0.25, -0.2) is 0 Å². The number of furan rings is 1. The Kier molecular flexibility index (Phi) is 5.98. The topological polar surface area (TPSA) is 86.7 Å². The number of rotatable bonds is 7. The highest BCUT2D eigenvalue weighted by atomic mass is 16.5. The van der Waals surface area contributed by atoms with Crippen LogP contribution in [0.25, 0.3) is 27.7 Å². The molecule has 4 aromatic rings. The fraction of sp³-hybridized carbons (Fsp3) is 0.200. The number of ether oxygens (including phenoxy) is 2. The maximum Gasteiger partial charge on any atom is 0.249 e. The van der Waals surface area contributed by atoms with Gasteiger partial charge in [0.05, 0.1) is 20.0 Å². The molecule has 0 saturated carbocycles. The summed E-state index contributed by atoms with van der Waals surface area (Å²) in [5, 5.41) is 7.31. The van der Waals surface area contributed by atoms with Crippen LogP contribution in [0.4, 0.5) is 5.82 Å². The van der Waals surface area contributed by atoms with E-state index in [-0.39, 0.29) is 5.91 Å². The van der Waals surface area contributed by atoms with Gasteiger partial charge < -0.3 is 23.7 Å². The summed E-state index contributed by atoms with van der Waals surface area (Å²) in [5.74, 6) is 1.50. The summed E-state index contributed by atoms with van der Waals surface area (Å²) in [7, 11) is 1.64. The van der Waals surface area contributed by atoms with Crippen molar-refractivity contribution in [1.82, 2.24) is 5.16 Å². The Morgan fingerprint density at radius 1 is 1.25 bits per heavy atom. The molecule has 32 heavy (non-hydrogen) atoms. The SMILES string of the molecule is CCOc1c(/C(C)=C/C(=O)Nc2ccon2)cc2c(-c3cccc(OC)c3)coc2c1C. The number of allylic oxidation sites excluding steroid dienone is 1. The summed E-state index contributed by atoms with van der Waals surface area (Å²) >= 11 is 0. The number of nitrogens with zero attached hydrogens (tertiary/aromatic N) is 1. The second-order valence-corrected chi connectivity index (χ2v) is 7.27. The summed E-state index contributed by atoms with van der Waals surface area (Å²) in [4.78, 5) is 12.5. The number of benzene rings is 2. The number of aromatic nitrogens is 1. The smallest absolute Gasteiger partial charge is 0.249 e. The van der Waals surface area contributed by atoms with Crippen LogP contribution in [0, 0.1) is 6.92 Å². The highest BCUT2D eigenvalue weighted by Crippen LogP contribution is 2.41. The van der Waals surface area contributed by atoms with Crippen LogP contribution < -0.4 is 14.8 Å². The largest absolute Gasteiger partial charge is 0.497 e. The molecule has 0 aliphatic carbocycles. The van der Waals surface area contributed by atoms with E-state index < -0.39 is 0 Å². The number of methoxy groups -OCH3 is 1. The standard InChI is InChI=1S/C25H24N2O5/c1-5-30-24-16(3)25-20(21(14-31-25)17-7-6-8-18(12-17)29-4)13-19(24)15(2)11-23(28)26-22-9-10-32-27-22/h6-14H,5H2,1-4H3,(H,26,27,28)/b15-11+. The zero-order valence-electron chi connectivity index (χ0n) is 18.4. The van der Waals surface area contributed by atoms with Crippen LogP contribution in [0.3, 0.4) is 0 Å². The highest BCUT2D eigenvalue weighted by molar-refractivity contribution is 6.05. The number of hydrogen-bond acceptors (Lipinski definition) is 6. The minimum atomic E-state index is -0.309. The van der Waals surface area contributed by atoms with Crippen molar-refractivity contribution in [1.29, 1.82) is 0 Å². The zero-order valence-corrected chi connectivity index (χ0v) is 18.4. The normalized spacial score (nSPS) is 11.6. The van der Waals surface area contributed by atoms with Crippen molar-refractivity contribution in [2.75, 3.05) is 19.0 Å². The van der Waals surface area contributed by atoms with Crippen molar-refractivity contribution < 1.29 is 23.2 Å². The van der Waals surface area contributed by atoms with Crippen LogP contribution in [-0.4, -0.2) is 24.8 Å². The first kappa shape index (κ1) is 21.2. The van der Waals surface area contributed by atoms with Gasteiger partial charge in [0.25, 0.3) is 0 Å². The first-order valence-corrected chi connectivity index (χ1v) is 10.2. The molecule has 1 amide bonds. The molecule has 7 heteroatoms. The Morgan fingerprint density at radius 3 is 2.81 bits per heavy atom. The average molecular weight is 432 g/mol. The lowest BCUT2D eigenvalue weighted by Gasteiger charge is -2.15. The lowest BCUT2D eigenvalue weighted by Crippen LogP contribution is -2.09. The zero-order chi connectivity index (χ0) is 22.7. The molecule has 0 radical (unpaired) electrons. The summed E-state index contributed by atoms with van der Waals surface area (Å²) in [6.07, 6.45) is 4.65. The van der Waals surface area contributed by atoms with Crippen molar-refractivity contribution >= 4 is 28.3 Å². The van der Waals surface area contributed by atoms with E-state index in [1.165, 1.54) is 12.3 Å². The van der Waals surface area contributed by atoms with E-state index >= 15 is 0 Å². The number of carbonyl (C=O) groups is 1. The number of fused-ring (bicyclic) bond motifs is 1. The number of nitrogens with one attached hydrogen (secondary N) is 1. The first-order chi connectivity index (χ1) is 15.5. The third kappa shape index (κ3) is 4.09. The average Bonchev–Trinajstić information content (AvgIpc) is 3.45. The lowest BCUT2D eigenvalue weighted by molar-refractivity contribution is -0.111. The van der Waals surface area contributed by atoms with Crippen LogP contribution in [0.15, 0.2) is 63.9 Å². The summed E-state index contributed by atoms with van der Waals surface area (Å²) in [6.45, 7) is 6.24. The molecular weight excluding hydrogens is 408 g/mol. The first-order valence-electron chi connectivity index (χ1n) is 10.2. The number of aryl methyl sites for hydroxylation is 1.